The number of hydrogen-bond acceptors (Lipinski definition) is 8. The highest BCUT2D eigenvalue weighted by molar-refractivity contribution is 7.88. The predicted molar refractivity (Wildman–Crippen MR) is 81.5 cm³/mol. The highest BCUT2D eigenvalue weighted by Gasteiger charge is 2.46. The minimum atomic E-state index is -4.10. The Balaban J connectivity index is 1.85. The van der Waals surface area contributed by atoms with Crippen molar-refractivity contribution in [1.82, 2.24) is 13.6 Å². The van der Waals surface area contributed by atoms with Crippen molar-refractivity contribution >= 4 is 38.5 Å². The molecule has 0 N–H and O–H groups in total. The zero-order valence-corrected chi connectivity index (χ0v) is 14.2. The second-order valence-electron chi connectivity index (χ2n) is 5.31. The number of likely N-dealkylation sites (N-methyl/N-ethyl adjacent to an activating group) is 2. The summed E-state index contributed by atoms with van der Waals surface area (Å²) in [5.74, 6) is -1.84. The van der Waals surface area contributed by atoms with Gasteiger partial charge in [0.25, 0.3) is 11.8 Å². The molecule has 1 aromatic rings. The lowest BCUT2D eigenvalue weighted by Crippen LogP contribution is -2.58. The molecule has 1 fully saturated rings. The fourth-order valence-electron chi connectivity index (χ4n) is 2.45. The maximum absolute atomic E-state index is 12.0. The number of aromatic nitrogens is 1. The Morgan fingerprint density at radius 1 is 1.13 bits per heavy atom. The van der Waals surface area contributed by atoms with Crippen LogP contribution in [0.25, 0.3) is 0 Å². The molecular formula is C12H15N5O4S2. The third kappa shape index (κ3) is 2.63. The number of carbonyl (C=O) groups is 2. The first-order valence-corrected chi connectivity index (χ1v) is 9.23. The lowest BCUT2D eigenvalue weighted by molar-refractivity contribution is -0.139. The Morgan fingerprint density at radius 3 is 2.35 bits per heavy atom. The van der Waals surface area contributed by atoms with Crippen LogP contribution in [0.1, 0.15) is 23.4 Å². The topological polar surface area (TPSA) is 112 Å². The van der Waals surface area contributed by atoms with Crippen molar-refractivity contribution in [3.8, 4) is 0 Å². The minimum absolute atomic E-state index is 0.385. The van der Waals surface area contributed by atoms with Gasteiger partial charge in [-0.05, 0) is 25.7 Å². The van der Waals surface area contributed by atoms with E-state index in [1.54, 1.807) is 0 Å². The van der Waals surface area contributed by atoms with Crippen LogP contribution in [0.4, 0.5) is 5.13 Å². The fourth-order valence-corrected chi connectivity index (χ4v) is 4.45. The Labute approximate surface area is 137 Å². The second kappa shape index (κ2) is 5.64. The van der Waals surface area contributed by atoms with Crippen molar-refractivity contribution in [3.63, 3.8) is 0 Å². The Bertz CT molecular complexity index is 749. The van der Waals surface area contributed by atoms with E-state index < -0.39 is 28.1 Å². The molecule has 11 heteroatoms. The molecule has 0 aromatic carbocycles. The fraction of sp³-hybridized carbons (Fsp3) is 0.583. The molecule has 23 heavy (non-hydrogen) atoms. The van der Waals surface area contributed by atoms with E-state index in [4.69, 9.17) is 0 Å². The number of hydrogen-bond donors (Lipinski definition) is 0. The van der Waals surface area contributed by atoms with Crippen molar-refractivity contribution < 1.29 is 18.0 Å². The van der Waals surface area contributed by atoms with Crippen molar-refractivity contribution in [1.29, 1.82) is 0 Å². The molecule has 2 amide bonds. The summed E-state index contributed by atoms with van der Waals surface area (Å²) in [7, 11) is -1.93. The van der Waals surface area contributed by atoms with Gasteiger partial charge in [0, 0.05) is 19.0 Å². The summed E-state index contributed by atoms with van der Waals surface area (Å²) in [6.45, 7) is 0. The molecular weight excluding hydrogens is 342 g/mol. The lowest BCUT2D eigenvalue weighted by atomic mass is 10.0. The molecule has 0 spiro atoms. The molecule has 1 aromatic heterocycles. The van der Waals surface area contributed by atoms with Gasteiger partial charge in [-0.3, -0.25) is 9.59 Å². The smallest absolute Gasteiger partial charge is 0.271 e. The predicted octanol–water partition coefficient (Wildman–Crippen LogP) is 0.649. The number of amides is 2. The first-order valence-electron chi connectivity index (χ1n) is 7.02. The van der Waals surface area contributed by atoms with E-state index in [0.717, 1.165) is 50.3 Å². The third-order valence-electron chi connectivity index (χ3n) is 3.87. The van der Waals surface area contributed by atoms with Crippen LogP contribution in [0.3, 0.4) is 0 Å². The first kappa shape index (κ1) is 16.0. The molecule has 3 rings (SSSR count). The normalized spacial score (nSPS) is 22.0. The van der Waals surface area contributed by atoms with Gasteiger partial charge in [-0.15, -0.1) is 5.11 Å². The third-order valence-corrected chi connectivity index (χ3v) is 6.66. The summed E-state index contributed by atoms with van der Waals surface area (Å²) >= 11 is 1.39. The molecule has 0 bridgehead atoms. The van der Waals surface area contributed by atoms with Gasteiger partial charge < -0.3 is 0 Å². The van der Waals surface area contributed by atoms with Crippen molar-refractivity contribution in [2.45, 2.75) is 31.7 Å². The molecule has 124 valence electrons. The number of nitrogens with zero attached hydrogens (tertiary/aromatic N) is 5. The lowest BCUT2D eigenvalue weighted by Gasteiger charge is -2.31. The first-order chi connectivity index (χ1) is 10.8. The summed E-state index contributed by atoms with van der Waals surface area (Å²) in [5.41, 5.74) is 0.994. The average molecular weight is 357 g/mol. The highest BCUT2D eigenvalue weighted by atomic mass is 32.2. The second-order valence-corrected chi connectivity index (χ2v) is 8.36. The zero-order chi connectivity index (χ0) is 16.8. The van der Waals surface area contributed by atoms with Gasteiger partial charge in [-0.2, -0.15) is 13.5 Å². The van der Waals surface area contributed by atoms with Crippen molar-refractivity contribution in [2.24, 2.45) is 10.2 Å². The number of aryl methyl sites for hydroxylation is 2. The minimum Gasteiger partial charge on any atom is -0.271 e. The maximum Gasteiger partial charge on any atom is 0.330 e. The molecule has 9 nitrogen and oxygen atoms in total. The number of carbonyl (C=O) groups excluding carboxylic acids is 2. The molecule has 1 aliphatic carbocycles. The summed E-state index contributed by atoms with van der Waals surface area (Å²) in [6, 6.07) is -1.49. The van der Waals surface area contributed by atoms with E-state index >= 15 is 0 Å². The Morgan fingerprint density at radius 2 is 1.74 bits per heavy atom. The molecule has 0 radical (unpaired) electrons. The van der Waals surface area contributed by atoms with Crippen LogP contribution in [0.15, 0.2) is 10.2 Å². The van der Waals surface area contributed by atoms with Gasteiger partial charge >= 0.3 is 10.2 Å². The number of fused-ring (bicyclic) bond motifs is 1. The van der Waals surface area contributed by atoms with Crippen LogP contribution >= 0.6 is 11.3 Å². The molecule has 1 aliphatic heterocycles. The van der Waals surface area contributed by atoms with Crippen LogP contribution in [0, 0.1) is 0 Å². The van der Waals surface area contributed by atoms with Gasteiger partial charge in [0.15, 0.2) is 0 Å². The van der Waals surface area contributed by atoms with Crippen molar-refractivity contribution in [3.05, 3.63) is 10.6 Å². The zero-order valence-electron chi connectivity index (χ0n) is 12.6. The van der Waals surface area contributed by atoms with E-state index in [9.17, 15) is 18.0 Å². The van der Waals surface area contributed by atoms with E-state index in [0.29, 0.717) is 13.7 Å². The van der Waals surface area contributed by atoms with E-state index in [1.807, 2.05) is 0 Å². The number of rotatable bonds is 2. The SMILES string of the molecule is CN1C(=O)C(N=Nc2nc3c(s2)CCCC3)C(=O)N(C)S1(=O)=O. The summed E-state index contributed by atoms with van der Waals surface area (Å²) in [5, 5.41) is 8.03. The van der Waals surface area contributed by atoms with Crippen molar-refractivity contribution in [2.75, 3.05) is 14.1 Å². The van der Waals surface area contributed by atoms with Crippen LogP contribution in [-0.4, -0.2) is 54.0 Å². The monoisotopic (exact) mass is 357 g/mol. The van der Waals surface area contributed by atoms with Gasteiger partial charge in [0.1, 0.15) is 0 Å². The van der Waals surface area contributed by atoms with Gasteiger partial charge in [-0.25, -0.2) is 13.6 Å². The maximum atomic E-state index is 12.0. The number of azo groups is 1. The highest BCUT2D eigenvalue weighted by Crippen LogP contribution is 2.31. The Hall–Kier alpha value is -1.88. The molecule has 0 saturated carbocycles. The molecule has 0 atom stereocenters. The van der Waals surface area contributed by atoms with Crippen LogP contribution in [-0.2, 0) is 32.6 Å². The molecule has 1 saturated heterocycles. The summed E-state index contributed by atoms with van der Waals surface area (Å²) in [4.78, 5) is 29.6. The van der Waals surface area contributed by atoms with Gasteiger partial charge in [-0.1, -0.05) is 11.3 Å². The van der Waals surface area contributed by atoms with Crippen LogP contribution in [0.2, 0.25) is 0 Å². The molecule has 2 aliphatic rings. The van der Waals surface area contributed by atoms with E-state index in [-0.39, 0.29) is 0 Å². The van der Waals surface area contributed by atoms with Crippen LogP contribution in [0.5, 0.6) is 0 Å². The molecule has 2 heterocycles. The number of thiazole rings is 1. The summed E-state index contributed by atoms with van der Waals surface area (Å²) < 4.78 is 24.6. The van der Waals surface area contributed by atoms with E-state index in [2.05, 4.69) is 15.2 Å². The largest absolute Gasteiger partial charge is 0.330 e. The van der Waals surface area contributed by atoms with Crippen LogP contribution < -0.4 is 0 Å². The van der Waals surface area contributed by atoms with Gasteiger partial charge in [0.2, 0.25) is 11.2 Å². The van der Waals surface area contributed by atoms with Gasteiger partial charge in [0.05, 0.1) is 5.69 Å². The standard InChI is InChI=1S/C12H15N5O4S2/c1-16-10(18)9(11(19)17(2)23(16,20)21)14-15-12-13-7-5-3-4-6-8(7)22-12/h9H,3-6H2,1-2H3. The summed E-state index contributed by atoms with van der Waals surface area (Å²) in [6.07, 6.45) is 4.04. The average Bonchev–Trinajstić information content (AvgIpc) is 2.94. The Kier molecular flexibility index (Phi) is 3.92. The van der Waals surface area contributed by atoms with E-state index in [1.165, 1.54) is 11.3 Å². The quantitative estimate of drug-likeness (QED) is 0.570. The molecule has 0 unspecified atom stereocenters.